The van der Waals surface area contributed by atoms with E-state index in [0.717, 1.165) is 24.2 Å². The number of hydrogen-bond donors (Lipinski definition) is 1. The van der Waals surface area contributed by atoms with Crippen LogP contribution in [0.3, 0.4) is 0 Å². The molecule has 15 heavy (non-hydrogen) atoms. The van der Waals surface area contributed by atoms with Crippen LogP contribution in [-0.4, -0.2) is 10.7 Å². The van der Waals surface area contributed by atoms with E-state index < -0.39 is 0 Å². The fourth-order valence-corrected chi connectivity index (χ4v) is 2.76. The van der Waals surface area contributed by atoms with Gasteiger partial charge in [-0.15, -0.1) is 0 Å². The molecule has 2 unspecified atom stereocenters. The molecule has 1 aliphatic heterocycles. The number of fused-ring (bicyclic) bond motifs is 1. The van der Waals surface area contributed by atoms with E-state index in [9.17, 15) is 5.11 Å². The number of phenols is 1. The molecule has 80 valence electrons. The van der Waals surface area contributed by atoms with Crippen molar-refractivity contribution >= 4 is 0 Å². The molecule has 1 N–H and O–H groups in total. The maximum absolute atomic E-state index is 9.39. The Morgan fingerprint density at radius 2 is 2.27 bits per heavy atom. The molecule has 2 heteroatoms. The van der Waals surface area contributed by atoms with Gasteiger partial charge in [-0.25, -0.2) is 0 Å². The van der Waals surface area contributed by atoms with Crippen LogP contribution in [-0.2, 0) is 6.42 Å². The number of ether oxygens (including phenoxy) is 1. The third kappa shape index (κ3) is 1.24. The predicted molar refractivity (Wildman–Crippen MR) is 58.2 cm³/mol. The van der Waals surface area contributed by atoms with Crippen LogP contribution in [0.2, 0.25) is 0 Å². The van der Waals surface area contributed by atoms with Gasteiger partial charge in [0, 0.05) is 0 Å². The molecule has 1 aromatic rings. The van der Waals surface area contributed by atoms with Gasteiger partial charge in [-0.2, -0.15) is 0 Å². The first-order chi connectivity index (χ1) is 7.20. The summed E-state index contributed by atoms with van der Waals surface area (Å²) in [6.07, 6.45) is 4.61. The van der Waals surface area contributed by atoms with Crippen molar-refractivity contribution in [2.75, 3.05) is 0 Å². The first kappa shape index (κ1) is 9.08. The molecule has 0 bridgehead atoms. The highest BCUT2D eigenvalue weighted by Crippen LogP contribution is 2.49. The minimum Gasteiger partial charge on any atom is -0.508 e. The van der Waals surface area contributed by atoms with Crippen molar-refractivity contribution in [2.24, 2.45) is 5.92 Å². The van der Waals surface area contributed by atoms with Crippen LogP contribution >= 0.6 is 0 Å². The van der Waals surface area contributed by atoms with E-state index in [2.05, 4.69) is 6.92 Å². The van der Waals surface area contributed by atoms with Crippen molar-refractivity contribution < 1.29 is 9.84 Å². The van der Waals surface area contributed by atoms with Crippen molar-refractivity contribution in [2.45, 2.75) is 38.2 Å². The summed E-state index contributed by atoms with van der Waals surface area (Å²) >= 11 is 0. The van der Waals surface area contributed by atoms with Crippen molar-refractivity contribution in [3.8, 4) is 11.5 Å². The Balaban J connectivity index is 1.93. The number of aryl methyl sites for hydroxylation is 1. The number of benzene rings is 1. The standard InChI is InChI=1S/C13H16O2/c1-9-4-6-13(9)7-5-10-8-11(14)2-3-12(10)15-13/h2-3,8-9,14H,4-7H2,1H3. The summed E-state index contributed by atoms with van der Waals surface area (Å²) in [7, 11) is 0. The third-order valence-corrected chi connectivity index (χ3v) is 4.07. The van der Waals surface area contributed by atoms with E-state index in [4.69, 9.17) is 4.74 Å². The number of aromatic hydroxyl groups is 1. The van der Waals surface area contributed by atoms with E-state index in [1.165, 1.54) is 12.8 Å². The Morgan fingerprint density at radius 1 is 1.40 bits per heavy atom. The number of rotatable bonds is 0. The van der Waals surface area contributed by atoms with Gasteiger partial charge in [0.2, 0.25) is 0 Å². The Kier molecular flexibility index (Phi) is 1.76. The molecule has 2 atom stereocenters. The lowest BCUT2D eigenvalue weighted by molar-refractivity contribution is -0.0770. The summed E-state index contributed by atoms with van der Waals surface area (Å²) in [5.41, 5.74) is 1.27. The largest absolute Gasteiger partial charge is 0.508 e. The molecule has 3 rings (SSSR count). The molecular formula is C13H16O2. The highest BCUT2D eigenvalue weighted by atomic mass is 16.5. The summed E-state index contributed by atoms with van der Waals surface area (Å²) < 4.78 is 6.11. The van der Waals surface area contributed by atoms with Crippen molar-refractivity contribution in [3.63, 3.8) is 0 Å². The second-order valence-corrected chi connectivity index (χ2v) is 4.90. The smallest absolute Gasteiger partial charge is 0.123 e. The first-order valence-corrected chi connectivity index (χ1v) is 5.70. The van der Waals surface area contributed by atoms with E-state index in [0.29, 0.717) is 11.7 Å². The molecule has 0 amide bonds. The van der Waals surface area contributed by atoms with Crippen LogP contribution in [0, 0.1) is 5.92 Å². The molecule has 1 aromatic carbocycles. The minimum absolute atomic E-state index is 0.115. The van der Waals surface area contributed by atoms with Crippen molar-refractivity contribution in [1.82, 2.24) is 0 Å². The van der Waals surface area contributed by atoms with E-state index in [1.54, 1.807) is 6.07 Å². The molecule has 0 saturated heterocycles. The van der Waals surface area contributed by atoms with Gasteiger partial charge in [-0.3, -0.25) is 0 Å². The second kappa shape index (κ2) is 2.91. The molecule has 1 spiro atoms. The Morgan fingerprint density at radius 3 is 2.93 bits per heavy atom. The average molecular weight is 204 g/mol. The quantitative estimate of drug-likeness (QED) is 0.704. The number of hydrogen-bond acceptors (Lipinski definition) is 2. The zero-order chi connectivity index (χ0) is 10.5. The normalized spacial score (nSPS) is 33.0. The Bertz CT molecular complexity index is 400. The molecule has 2 nitrogen and oxygen atoms in total. The predicted octanol–water partition coefficient (Wildman–Crippen LogP) is 2.89. The van der Waals surface area contributed by atoms with Crippen molar-refractivity contribution in [1.29, 1.82) is 0 Å². The van der Waals surface area contributed by atoms with Crippen LogP contribution in [0.1, 0.15) is 31.7 Å². The lowest BCUT2D eigenvalue weighted by Crippen LogP contribution is -2.52. The molecule has 2 aliphatic rings. The summed E-state index contributed by atoms with van der Waals surface area (Å²) in [6, 6.07) is 5.43. The van der Waals surface area contributed by atoms with Gasteiger partial charge in [-0.1, -0.05) is 6.92 Å². The molecule has 1 fully saturated rings. The SMILES string of the molecule is CC1CCC12CCc1cc(O)ccc1O2. The Hall–Kier alpha value is -1.18. The summed E-state index contributed by atoms with van der Waals surface area (Å²) in [6.45, 7) is 2.27. The zero-order valence-corrected chi connectivity index (χ0v) is 8.99. The van der Waals surface area contributed by atoms with Gasteiger partial charge in [0.15, 0.2) is 0 Å². The van der Waals surface area contributed by atoms with Gasteiger partial charge >= 0.3 is 0 Å². The van der Waals surface area contributed by atoms with Crippen LogP contribution in [0.4, 0.5) is 0 Å². The lowest BCUT2D eigenvalue weighted by atomic mass is 9.66. The van der Waals surface area contributed by atoms with Crippen LogP contribution < -0.4 is 4.74 Å². The molecule has 0 radical (unpaired) electrons. The fraction of sp³-hybridized carbons (Fsp3) is 0.538. The van der Waals surface area contributed by atoms with Gasteiger partial charge in [0.1, 0.15) is 17.1 Å². The molecule has 0 aromatic heterocycles. The summed E-state index contributed by atoms with van der Waals surface area (Å²) in [5, 5.41) is 9.39. The topological polar surface area (TPSA) is 29.5 Å². The third-order valence-electron chi connectivity index (χ3n) is 4.07. The summed E-state index contributed by atoms with van der Waals surface area (Å²) in [4.78, 5) is 0. The van der Waals surface area contributed by atoms with Crippen LogP contribution in [0.15, 0.2) is 18.2 Å². The average Bonchev–Trinajstić information content (AvgIpc) is 2.26. The van der Waals surface area contributed by atoms with Gasteiger partial charge in [-0.05, 0) is 55.4 Å². The van der Waals surface area contributed by atoms with Crippen LogP contribution in [0.25, 0.3) is 0 Å². The maximum Gasteiger partial charge on any atom is 0.123 e. The molecule has 1 aliphatic carbocycles. The van der Waals surface area contributed by atoms with Gasteiger partial charge in [0.25, 0.3) is 0 Å². The molecule has 1 heterocycles. The molecular weight excluding hydrogens is 188 g/mol. The lowest BCUT2D eigenvalue weighted by Gasteiger charge is -2.50. The molecule has 1 saturated carbocycles. The van der Waals surface area contributed by atoms with Crippen LogP contribution in [0.5, 0.6) is 11.5 Å². The van der Waals surface area contributed by atoms with Gasteiger partial charge in [0.05, 0.1) is 0 Å². The Labute approximate surface area is 89.9 Å². The highest BCUT2D eigenvalue weighted by Gasteiger charge is 2.47. The monoisotopic (exact) mass is 204 g/mol. The number of phenolic OH excluding ortho intramolecular Hbond substituents is 1. The maximum atomic E-state index is 9.39. The highest BCUT2D eigenvalue weighted by molar-refractivity contribution is 5.42. The summed E-state index contributed by atoms with van der Waals surface area (Å²) in [5.74, 6) is 2.00. The van der Waals surface area contributed by atoms with Crippen molar-refractivity contribution in [3.05, 3.63) is 23.8 Å². The second-order valence-electron chi connectivity index (χ2n) is 4.90. The minimum atomic E-state index is 0.115. The van der Waals surface area contributed by atoms with Gasteiger partial charge < -0.3 is 9.84 Å². The van der Waals surface area contributed by atoms with E-state index in [1.807, 2.05) is 12.1 Å². The fourth-order valence-electron chi connectivity index (χ4n) is 2.76. The van der Waals surface area contributed by atoms with E-state index in [-0.39, 0.29) is 5.60 Å². The first-order valence-electron chi connectivity index (χ1n) is 5.70. The van der Waals surface area contributed by atoms with E-state index >= 15 is 0 Å². The zero-order valence-electron chi connectivity index (χ0n) is 8.99.